The van der Waals surface area contributed by atoms with E-state index in [4.69, 9.17) is 14.3 Å². The largest absolute Gasteiger partial charge is 0.508 e. The molecule has 0 spiro atoms. The molecule has 0 radical (unpaired) electrons. The third-order valence-electron chi connectivity index (χ3n) is 5.78. The van der Waals surface area contributed by atoms with Crippen molar-refractivity contribution < 1.29 is 23.8 Å². The van der Waals surface area contributed by atoms with E-state index in [1.807, 2.05) is 0 Å². The maximum Gasteiger partial charge on any atom is 0.508 e. The van der Waals surface area contributed by atoms with Crippen LogP contribution in [0, 0.1) is 11.8 Å². The molecule has 0 N–H and O–H groups in total. The van der Waals surface area contributed by atoms with Gasteiger partial charge in [0.05, 0.1) is 13.2 Å². The molecule has 3 heterocycles. The van der Waals surface area contributed by atoms with Gasteiger partial charge in [-0.15, -0.1) is 9.48 Å². The smallest absolute Gasteiger partial charge is 0.434 e. The van der Waals surface area contributed by atoms with Crippen LogP contribution in [0.2, 0.25) is 0 Å². The van der Waals surface area contributed by atoms with Crippen LogP contribution in [0.4, 0.5) is 4.79 Å². The highest BCUT2D eigenvalue weighted by Gasteiger charge is 2.69. The summed E-state index contributed by atoms with van der Waals surface area (Å²) in [5.41, 5.74) is 0. The number of hydrogen-bond acceptors (Lipinski definition) is 5. The zero-order valence-electron chi connectivity index (χ0n) is 16.8. The fraction of sp³-hybridized carbons (Fsp3) is 0.857. The molecular weight excluding hydrogens is 344 g/mol. The van der Waals surface area contributed by atoms with Crippen LogP contribution in [0.15, 0.2) is 0 Å². The van der Waals surface area contributed by atoms with Crippen LogP contribution >= 0.6 is 0 Å². The Morgan fingerprint density at radius 1 is 1.15 bits per heavy atom. The minimum absolute atomic E-state index is 0.0484. The fourth-order valence-corrected chi connectivity index (χ4v) is 4.04. The summed E-state index contributed by atoms with van der Waals surface area (Å²) in [6.45, 7) is 7.40. The van der Waals surface area contributed by atoms with E-state index in [9.17, 15) is 4.79 Å². The third kappa shape index (κ3) is 6.10. The van der Waals surface area contributed by atoms with Crippen molar-refractivity contribution in [1.82, 2.24) is 4.90 Å². The Balaban J connectivity index is 1.26. The standard InChI is InChI=1S/C21H35N2O4/c1-2-3-4-5-6-11-18-25-21(24)26-19-12-17-23(20(19)27-23)16-10-9-15-22-13-7-8-14-22/h19-20H,2-8,11-18H2,1H3/q+1/t19?,20?,23-/m1/s1. The Labute approximate surface area is 163 Å². The average molecular weight is 380 g/mol. The van der Waals surface area contributed by atoms with Crippen molar-refractivity contribution in [1.29, 1.82) is 0 Å². The highest BCUT2D eigenvalue weighted by molar-refractivity contribution is 5.60. The summed E-state index contributed by atoms with van der Waals surface area (Å²) in [5, 5.41) is 0. The maximum absolute atomic E-state index is 11.9. The second kappa shape index (κ2) is 10.3. The number of hydroxylamine groups is 3. The van der Waals surface area contributed by atoms with Crippen LogP contribution in [-0.4, -0.2) is 67.4 Å². The van der Waals surface area contributed by atoms with Crippen LogP contribution in [-0.2, 0) is 14.3 Å². The van der Waals surface area contributed by atoms with Gasteiger partial charge in [0, 0.05) is 6.42 Å². The van der Waals surface area contributed by atoms with E-state index in [-0.39, 0.29) is 12.3 Å². The molecule has 3 aliphatic rings. The average Bonchev–Trinajstić information content (AvgIpc) is 3.00. The lowest BCUT2D eigenvalue weighted by molar-refractivity contribution is -0.908. The molecule has 0 saturated carbocycles. The normalized spacial score (nSPS) is 29.1. The van der Waals surface area contributed by atoms with Crippen molar-refractivity contribution in [3.8, 4) is 11.8 Å². The Kier molecular flexibility index (Phi) is 7.81. The highest BCUT2D eigenvalue weighted by atomic mass is 16.9. The summed E-state index contributed by atoms with van der Waals surface area (Å²) in [5.74, 6) is 6.52. The van der Waals surface area contributed by atoms with Gasteiger partial charge in [-0.3, -0.25) is 4.90 Å². The SMILES string of the molecule is CCCCCCCCOC(=O)OC1CC[N@@+]2(CC#CCN3CCCC3)OC12. The van der Waals surface area contributed by atoms with Gasteiger partial charge in [-0.2, -0.15) is 0 Å². The van der Waals surface area contributed by atoms with Crippen molar-refractivity contribution in [2.75, 3.05) is 39.3 Å². The molecule has 3 atom stereocenters. The summed E-state index contributed by atoms with van der Waals surface area (Å²) in [6.07, 6.45) is 9.65. The summed E-state index contributed by atoms with van der Waals surface area (Å²) in [4.78, 5) is 20.1. The zero-order valence-corrected chi connectivity index (χ0v) is 16.8. The van der Waals surface area contributed by atoms with Gasteiger partial charge in [-0.1, -0.05) is 44.9 Å². The molecule has 0 amide bonds. The van der Waals surface area contributed by atoms with Gasteiger partial charge in [0.15, 0.2) is 12.6 Å². The minimum Gasteiger partial charge on any atom is -0.434 e. The number of carbonyl (C=O) groups is 1. The predicted molar refractivity (Wildman–Crippen MR) is 103 cm³/mol. The molecule has 3 rings (SSSR count). The van der Waals surface area contributed by atoms with Crippen molar-refractivity contribution in [2.24, 2.45) is 0 Å². The molecule has 0 aromatic heterocycles. The summed E-state index contributed by atoms with van der Waals surface area (Å²) >= 11 is 0. The quantitative estimate of drug-likeness (QED) is 0.191. The molecule has 3 aliphatic heterocycles. The number of nitrogens with zero attached hydrogens (tertiary/aromatic N) is 2. The monoisotopic (exact) mass is 379 g/mol. The molecule has 152 valence electrons. The van der Waals surface area contributed by atoms with Gasteiger partial charge in [0.25, 0.3) is 0 Å². The predicted octanol–water partition coefficient (Wildman–Crippen LogP) is 3.46. The van der Waals surface area contributed by atoms with Crippen molar-refractivity contribution in [3.63, 3.8) is 0 Å². The first kappa shape index (κ1) is 20.4. The van der Waals surface area contributed by atoms with Crippen LogP contribution in [0.1, 0.15) is 64.7 Å². The Morgan fingerprint density at radius 2 is 1.93 bits per heavy atom. The lowest BCUT2D eigenvalue weighted by Crippen LogP contribution is -2.27. The van der Waals surface area contributed by atoms with Crippen LogP contribution in [0.5, 0.6) is 0 Å². The maximum atomic E-state index is 11.9. The number of quaternary nitrogens is 1. The third-order valence-corrected chi connectivity index (χ3v) is 5.78. The van der Waals surface area contributed by atoms with Crippen molar-refractivity contribution in [3.05, 3.63) is 0 Å². The van der Waals surface area contributed by atoms with E-state index >= 15 is 0 Å². The Morgan fingerprint density at radius 3 is 2.70 bits per heavy atom. The van der Waals surface area contributed by atoms with E-state index in [0.717, 1.165) is 32.4 Å². The molecule has 0 aliphatic carbocycles. The lowest BCUT2D eigenvalue weighted by Gasteiger charge is -2.08. The molecule has 0 aromatic rings. The number of carbonyl (C=O) groups excluding carboxylic acids is 1. The lowest BCUT2D eigenvalue weighted by atomic mass is 10.1. The number of unbranched alkanes of at least 4 members (excludes halogenated alkanes) is 5. The molecule has 6 heteroatoms. The zero-order chi connectivity index (χ0) is 19.0. The van der Waals surface area contributed by atoms with Gasteiger partial charge in [-0.25, -0.2) is 4.79 Å². The van der Waals surface area contributed by atoms with Crippen molar-refractivity contribution >= 4 is 6.16 Å². The van der Waals surface area contributed by atoms with Gasteiger partial charge in [-0.05, 0) is 38.3 Å². The second-order valence-corrected chi connectivity index (χ2v) is 7.98. The molecule has 27 heavy (non-hydrogen) atoms. The van der Waals surface area contributed by atoms with Crippen molar-refractivity contribution in [2.45, 2.75) is 77.0 Å². The van der Waals surface area contributed by atoms with Crippen LogP contribution in [0.25, 0.3) is 0 Å². The van der Waals surface area contributed by atoms with E-state index in [1.54, 1.807) is 0 Å². The van der Waals surface area contributed by atoms with Gasteiger partial charge < -0.3 is 9.47 Å². The molecule has 3 saturated heterocycles. The van der Waals surface area contributed by atoms with Gasteiger partial charge >= 0.3 is 12.4 Å². The first-order chi connectivity index (χ1) is 13.2. The number of hydrogen-bond donors (Lipinski definition) is 0. The highest BCUT2D eigenvalue weighted by Crippen LogP contribution is 2.44. The number of rotatable bonds is 10. The minimum atomic E-state index is -0.552. The van der Waals surface area contributed by atoms with E-state index in [0.29, 0.717) is 17.8 Å². The van der Waals surface area contributed by atoms with Gasteiger partial charge in [0.1, 0.15) is 6.54 Å². The number of likely N-dealkylation sites (tertiary alicyclic amines) is 1. The molecule has 3 fully saturated rings. The number of fused-ring (bicyclic) bond motifs is 1. The molecule has 0 aromatic carbocycles. The van der Waals surface area contributed by atoms with Crippen LogP contribution in [0.3, 0.4) is 0 Å². The van der Waals surface area contributed by atoms with E-state index in [1.165, 1.54) is 51.6 Å². The molecule has 0 bridgehead atoms. The van der Waals surface area contributed by atoms with Gasteiger partial charge in [0.2, 0.25) is 0 Å². The molecule has 6 nitrogen and oxygen atoms in total. The first-order valence-corrected chi connectivity index (χ1v) is 10.8. The summed E-state index contributed by atoms with van der Waals surface area (Å²) in [7, 11) is 0. The number of ether oxygens (including phenoxy) is 2. The Hall–Kier alpha value is -1.29. The summed E-state index contributed by atoms with van der Waals surface area (Å²) < 4.78 is 11.2. The first-order valence-electron chi connectivity index (χ1n) is 10.8. The molecule has 2 unspecified atom stereocenters. The van der Waals surface area contributed by atoms with Crippen LogP contribution < -0.4 is 0 Å². The Bertz CT molecular complexity index is 538. The topological polar surface area (TPSA) is 51.3 Å². The summed E-state index contributed by atoms with van der Waals surface area (Å²) in [6, 6.07) is 0. The van der Waals surface area contributed by atoms with E-state index in [2.05, 4.69) is 23.7 Å². The second-order valence-electron chi connectivity index (χ2n) is 7.98. The fourth-order valence-electron chi connectivity index (χ4n) is 4.04. The molecular formula is C21H35N2O4+. The van der Waals surface area contributed by atoms with E-state index < -0.39 is 6.16 Å².